The first-order valence-electron chi connectivity index (χ1n) is 6.29. The third-order valence-electron chi connectivity index (χ3n) is 3.35. The highest BCUT2D eigenvalue weighted by Crippen LogP contribution is 2.05. The van der Waals surface area contributed by atoms with Gasteiger partial charge in [0.2, 0.25) is 0 Å². The largest absolute Gasteiger partial charge is 0.370 e. The van der Waals surface area contributed by atoms with Crippen molar-refractivity contribution in [3.05, 3.63) is 42.5 Å². The van der Waals surface area contributed by atoms with Crippen LogP contribution >= 0.6 is 0 Å². The van der Waals surface area contributed by atoms with Crippen LogP contribution in [0.4, 0.5) is 0 Å². The Morgan fingerprint density at radius 3 is 2.18 bits per heavy atom. The predicted molar refractivity (Wildman–Crippen MR) is 73.8 cm³/mol. The van der Waals surface area contributed by atoms with Gasteiger partial charge in [-0.2, -0.15) is 0 Å². The van der Waals surface area contributed by atoms with Crippen LogP contribution in [0.5, 0.6) is 0 Å². The molecule has 1 heterocycles. The minimum absolute atomic E-state index is 0.949. The van der Waals surface area contributed by atoms with E-state index in [0.29, 0.717) is 0 Å². The molecule has 0 saturated carbocycles. The van der Waals surface area contributed by atoms with E-state index >= 15 is 0 Å². The molecular weight excluding hydrogens is 210 g/mol. The van der Waals surface area contributed by atoms with Crippen LogP contribution in [-0.4, -0.2) is 44.4 Å². The van der Waals surface area contributed by atoms with Crippen molar-refractivity contribution < 1.29 is 9.22 Å². The quantitative estimate of drug-likeness (QED) is 0.715. The maximum absolute atomic E-state index is 5.25. The Morgan fingerprint density at radius 2 is 1.82 bits per heavy atom. The summed E-state index contributed by atoms with van der Waals surface area (Å²) in [5, 5.41) is 0. The van der Waals surface area contributed by atoms with Crippen LogP contribution in [-0.2, 0) is 4.74 Å². The van der Waals surface area contributed by atoms with E-state index in [1.165, 1.54) is 29.7 Å². The number of hydrogen-bond donors (Lipinski definition) is 0. The lowest BCUT2D eigenvalue weighted by Crippen LogP contribution is -2.51. The van der Waals surface area contributed by atoms with Gasteiger partial charge in [0.25, 0.3) is 0 Å². The highest BCUT2D eigenvalue weighted by atomic mass is 16.5. The predicted octanol–water partition coefficient (Wildman–Crippen LogP) is 2.81. The van der Waals surface area contributed by atoms with E-state index in [1.54, 1.807) is 0 Å². The molecule has 2 heteroatoms. The van der Waals surface area contributed by atoms with Gasteiger partial charge < -0.3 is 9.22 Å². The molecule has 1 fully saturated rings. The molecule has 0 unspecified atom stereocenters. The van der Waals surface area contributed by atoms with Crippen molar-refractivity contribution in [1.82, 2.24) is 0 Å². The Balaban J connectivity index is 0.000000171. The number of morpholine rings is 1. The second kappa shape index (κ2) is 7.25. The smallest absolute Gasteiger partial charge is 0.102 e. The Labute approximate surface area is 105 Å². The molecule has 0 aromatic heterocycles. The van der Waals surface area contributed by atoms with E-state index < -0.39 is 0 Å². The average molecular weight is 234 g/mol. The second-order valence-corrected chi connectivity index (χ2v) is 4.61. The Kier molecular flexibility index (Phi) is 5.95. The number of hydrogen-bond acceptors (Lipinski definition) is 1. The van der Waals surface area contributed by atoms with Gasteiger partial charge in [-0.1, -0.05) is 43.0 Å². The number of ether oxygens (including phenoxy) is 1. The first-order chi connectivity index (χ1) is 8.20. The van der Waals surface area contributed by atoms with E-state index in [4.69, 9.17) is 4.74 Å². The first kappa shape index (κ1) is 13.9. The molecule has 1 aromatic rings. The number of quaternary nitrogens is 1. The number of rotatable bonds is 2. The normalized spacial score (nSPS) is 17.8. The number of benzene rings is 1. The topological polar surface area (TPSA) is 9.23 Å². The fraction of sp³-hybridized carbons (Fsp3) is 0.467. The van der Waals surface area contributed by atoms with Crippen LogP contribution in [0, 0.1) is 0 Å². The molecule has 0 aliphatic carbocycles. The third-order valence-corrected chi connectivity index (χ3v) is 3.35. The van der Waals surface area contributed by atoms with Crippen LogP contribution < -0.4 is 0 Å². The minimum Gasteiger partial charge on any atom is -0.370 e. The van der Waals surface area contributed by atoms with Crippen molar-refractivity contribution >= 4 is 6.08 Å². The molecule has 1 aliphatic rings. The van der Waals surface area contributed by atoms with Crippen LogP contribution in [0.2, 0.25) is 0 Å². The van der Waals surface area contributed by atoms with Gasteiger partial charge in [0.15, 0.2) is 0 Å². The maximum atomic E-state index is 5.25. The summed E-state index contributed by atoms with van der Waals surface area (Å²) in [6.45, 7) is 11.4. The van der Waals surface area contributed by atoms with E-state index in [-0.39, 0.29) is 0 Å². The molecule has 2 nitrogen and oxygen atoms in total. The Morgan fingerprint density at radius 1 is 1.24 bits per heavy atom. The summed E-state index contributed by atoms with van der Waals surface area (Å²) in [5.41, 5.74) is 1.17. The second-order valence-electron chi connectivity index (χ2n) is 4.61. The lowest BCUT2D eigenvalue weighted by molar-refractivity contribution is -0.915. The fourth-order valence-electron chi connectivity index (χ4n) is 1.69. The number of likely N-dealkylation sites (N-methyl/N-ethyl adjacent to an activating group) is 1. The average Bonchev–Trinajstić information content (AvgIpc) is 2.41. The summed E-state index contributed by atoms with van der Waals surface area (Å²) in [7, 11) is 2.29. The van der Waals surface area contributed by atoms with Crippen molar-refractivity contribution in [2.45, 2.75) is 6.92 Å². The highest BCUT2D eigenvalue weighted by molar-refractivity contribution is 5.45. The molecule has 17 heavy (non-hydrogen) atoms. The molecule has 0 spiro atoms. The number of nitrogens with zero attached hydrogens (tertiary/aromatic N) is 1. The van der Waals surface area contributed by atoms with E-state index in [2.05, 4.69) is 20.6 Å². The van der Waals surface area contributed by atoms with Crippen molar-refractivity contribution in [1.29, 1.82) is 0 Å². The Bertz CT molecular complexity index is 315. The van der Waals surface area contributed by atoms with Crippen molar-refractivity contribution in [2.75, 3.05) is 39.9 Å². The molecular formula is C15H24NO+. The monoisotopic (exact) mass is 234 g/mol. The maximum Gasteiger partial charge on any atom is 0.102 e. The summed E-state index contributed by atoms with van der Waals surface area (Å²) in [5.74, 6) is 0. The van der Waals surface area contributed by atoms with Crippen molar-refractivity contribution in [3.8, 4) is 0 Å². The third kappa shape index (κ3) is 5.16. The SMILES string of the molecule is C=Cc1ccccc1.CC[N+]1(C)CCOCC1. The van der Waals surface area contributed by atoms with Gasteiger partial charge in [0.05, 0.1) is 26.8 Å². The van der Waals surface area contributed by atoms with Crippen LogP contribution in [0.25, 0.3) is 6.08 Å². The Hall–Kier alpha value is -1.12. The molecule has 2 rings (SSSR count). The molecule has 0 amide bonds. The molecule has 0 atom stereocenters. The zero-order valence-electron chi connectivity index (χ0n) is 11.1. The molecule has 0 bridgehead atoms. The molecule has 0 radical (unpaired) electrons. The summed E-state index contributed by atoms with van der Waals surface area (Å²) in [4.78, 5) is 0. The van der Waals surface area contributed by atoms with E-state index in [1.807, 2.05) is 36.4 Å². The molecule has 1 aliphatic heterocycles. The van der Waals surface area contributed by atoms with Crippen molar-refractivity contribution in [2.24, 2.45) is 0 Å². The summed E-state index contributed by atoms with van der Waals surface area (Å²) >= 11 is 0. The lowest BCUT2D eigenvalue weighted by atomic mass is 10.2. The van der Waals surface area contributed by atoms with Gasteiger partial charge >= 0.3 is 0 Å². The van der Waals surface area contributed by atoms with Gasteiger partial charge in [-0.15, -0.1) is 0 Å². The first-order valence-corrected chi connectivity index (χ1v) is 6.29. The zero-order valence-corrected chi connectivity index (χ0v) is 11.1. The van der Waals surface area contributed by atoms with Gasteiger partial charge in [0, 0.05) is 0 Å². The molecule has 1 saturated heterocycles. The zero-order chi connectivity index (χ0) is 12.6. The van der Waals surface area contributed by atoms with Crippen molar-refractivity contribution in [3.63, 3.8) is 0 Å². The van der Waals surface area contributed by atoms with E-state index in [0.717, 1.165) is 13.2 Å². The van der Waals surface area contributed by atoms with Gasteiger partial charge in [0.1, 0.15) is 13.1 Å². The van der Waals surface area contributed by atoms with Crippen LogP contribution in [0.3, 0.4) is 0 Å². The standard InChI is InChI=1S/C8H8.C7H16NO/c1-2-8-6-4-3-5-7-8;1-3-8(2)4-6-9-7-5-8/h2-7H,1H2;3-7H2,1-2H3/q;+1. The van der Waals surface area contributed by atoms with Gasteiger partial charge in [-0.25, -0.2) is 0 Å². The summed E-state index contributed by atoms with van der Waals surface area (Å²) < 4.78 is 6.45. The molecule has 0 N–H and O–H groups in total. The molecule has 94 valence electrons. The minimum atomic E-state index is 0.949. The molecule has 1 aromatic carbocycles. The van der Waals surface area contributed by atoms with Gasteiger partial charge in [-0.05, 0) is 12.5 Å². The summed E-state index contributed by atoms with van der Waals surface area (Å²) in [6, 6.07) is 10.0. The summed E-state index contributed by atoms with van der Waals surface area (Å²) in [6.07, 6.45) is 1.83. The lowest BCUT2D eigenvalue weighted by Gasteiger charge is -2.36. The van der Waals surface area contributed by atoms with Gasteiger partial charge in [-0.3, -0.25) is 0 Å². The highest BCUT2D eigenvalue weighted by Gasteiger charge is 2.21. The fourth-order valence-corrected chi connectivity index (χ4v) is 1.69. The van der Waals surface area contributed by atoms with E-state index in [9.17, 15) is 0 Å². The van der Waals surface area contributed by atoms with Crippen LogP contribution in [0.15, 0.2) is 36.9 Å². The van der Waals surface area contributed by atoms with Crippen LogP contribution in [0.1, 0.15) is 12.5 Å².